The van der Waals surface area contributed by atoms with E-state index in [0.29, 0.717) is 5.82 Å². The average Bonchev–Trinajstić information content (AvgIpc) is 2.64. The highest BCUT2D eigenvalue weighted by Crippen LogP contribution is 2.25. The van der Waals surface area contributed by atoms with Crippen molar-refractivity contribution in [3.05, 3.63) is 46.5 Å². The topological polar surface area (TPSA) is 59.8 Å². The van der Waals surface area contributed by atoms with Gasteiger partial charge in [0.05, 0.1) is 14.2 Å². The first-order valence-corrected chi connectivity index (χ1v) is 8.32. The van der Waals surface area contributed by atoms with Gasteiger partial charge in [-0.25, -0.2) is 4.98 Å². The van der Waals surface area contributed by atoms with Crippen LogP contribution in [0, 0.1) is 0 Å². The maximum atomic E-state index is 12.2. The SMILES string of the molecule is COc1ccc(OC)c(CN2CCN(c3nccn(C)c3=O)CC2)c1. The molecule has 0 amide bonds. The number of aryl methyl sites for hydroxylation is 1. The summed E-state index contributed by atoms with van der Waals surface area (Å²) in [6.07, 6.45) is 3.35. The fourth-order valence-electron chi connectivity index (χ4n) is 3.07. The van der Waals surface area contributed by atoms with E-state index in [4.69, 9.17) is 9.47 Å². The van der Waals surface area contributed by atoms with E-state index in [1.807, 2.05) is 18.2 Å². The molecule has 0 unspecified atom stereocenters. The van der Waals surface area contributed by atoms with Crippen molar-refractivity contribution < 1.29 is 9.47 Å². The monoisotopic (exact) mass is 344 g/mol. The first-order chi connectivity index (χ1) is 12.1. The normalized spacial score (nSPS) is 15.2. The zero-order valence-corrected chi connectivity index (χ0v) is 14.9. The summed E-state index contributed by atoms with van der Waals surface area (Å²) in [5.74, 6) is 2.22. The number of anilines is 1. The second-order valence-corrected chi connectivity index (χ2v) is 6.11. The minimum absolute atomic E-state index is 0.0505. The molecule has 7 heteroatoms. The highest BCUT2D eigenvalue weighted by Gasteiger charge is 2.21. The molecule has 1 fully saturated rings. The zero-order valence-electron chi connectivity index (χ0n) is 14.9. The first kappa shape index (κ1) is 17.3. The molecule has 2 heterocycles. The van der Waals surface area contributed by atoms with E-state index in [-0.39, 0.29) is 5.56 Å². The van der Waals surface area contributed by atoms with Crippen LogP contribution in [0.5, 0.6) is 11.5 Å². The van der Waals surface area contributed by atoms with Gasteiger partial charge in [0.25, 0.3) is 5.56 Å². The lowest BCUT2D eigenvalue weighted by Gasteiger charge is -2.35. The molecule has 1 aliphatic heterocycles. The molecule has 134 valence electrons. The molecule has 25 heavy (non-hydrogen) atoms. The number of ether oxygens (including phenoxy) is 2. The van der Waals surface area contributed by atoms with Gasteiger partial charge in [0.2, 0.25) is 0 Å². The van der Waals surface area contributed by atoms with E-state index in [1.165, 1.54) is 0 Å². The molecule has 1 aromatic carbocycles. The van der Waals surface area contributed by atoms with Crippen LogP contribution in [0.15, 0.2) is 35.4 Å². The fourth-order valence-corrected chi connectivity index (χ4v) is 3.07. The molecule has 0 N–H and O–H groups in total. The Morgan fingerprint density at radius 2 is 1.88 bits per heavy atom. The van der Waals surface area contributed by atoms with Crippen molar-refractivity contribution in [1.82, 2.24) is 14.5 Å². The Labute approximate surface area is 147 Å². The summed E-state index contributed by atoms with van der Waals surface area (Å²) in [5, 5.41) is 0. The van der Waals surface area contributed by atoms with Crippen LogP contribution in [0.2, 0.25) is 0 Å². The smallest absolute Gasteiger partial charge is 0.293 e. The van der Waals surface area contributed by atoms with E-state index in [2.05, 4.69) is 14.8 Å². The Kier molecular flexibility index (Phi) is 5.23. The summed E-state index contributed by atoms with van der Waals surface area (Å²) < 4.78 is 12.3. The number of methoxy groups -OCH3 is 2. The van der Waals surface area contributed by atoms with Gasteiger partial charge in [-0.2, -0.15) is 0 Å². The van der Waals surface area contributed by atoms with Crippen LogP contribution in [0.1, 0.15) is 5.56 Å². The second-order valence-electron chi connectivity index (χ2n) is 6.11. The van der Waals surface area contributed by atoms with Crippen LogP contribution < -0.4 is 19.9 Å². The van der Waals surface area contributed by atoms with Crippen LogP contribution >= 0.6 is 0 Å². The van der Waals surface area contributed by atoms with Gasteiger partial charge in [0, 0.05) is 57.7 Å². The molecule has 0 atom stereocenters. The van der Waals surface area contributed by atoms with Crippen LogP contribution in [0.4, 0.5) is 5.82 Å². The highest BCUT2D eigenvalue weighted by atomic mass is 16.5. The van der Waals surface area contributed by atoms with Crippen molar-refractivity contribution in [2.45, 2.75) is 6.54 Å². The van der Waals surface area contributed by atoms with Gasteiger partial charge in [-0.1, -0.05) is 0 Å². The molecule has 2 aromatic rings. The van der Waals surface area contributed by atoms with Gasteiger partial charge >= 0.3 is 0 Å². The van der Waals surface area contributed by atoms with Gasteiger partial charge < -0.3 is 18.9 Å². The number of piperazine rings is 1. The number of aromatic nitrogens is 2. The van der Waals surface area contributed by atoms with E-state index >= 15 is 0 Å². The molecule has 3 rings (SSSR count). The van der Waals surface area contributed by atoms with E-state index in [0.717, 1.165) is 49.8 Å². The number of hydrogen-bond donors (Lipinski definition) is 0. The Bertz CT molecular complexity index is 782. The molecule has 1 aliphatic rings. The van der Waals surface area contributed by atoms with Crippen molar-refractivity contribution in [3.63, 3.8) is 0 Å². The van der Waals surface area contributed by atoms with Crippen molar-refractivity contribution in [2.24, 2.45) is 7.05 Å². The maximum absolute atomic E-state index is 12.2. The van der Waals surface area contributed by atoms with Gasteiger partial charge in [0.15, 0.2) is 5.82 Å². The standard InChI is InChI=1S/C18H24N4O3/c1-20-7-6-19-17(18(20)23)22-10-8-21(9-11-22)13-14-12-15(24-2)4-5-16(14)25-3/h4-7,12H,8-11,13H2,1-3H3. The predicted octanol–water partition coefficient (Wildman–Crippen LogP) is 1.12. The Morgan fingerprint density at radius 1 is 1.12 bits per heavy atom. The summed E-state index contributed by atoms with van der Waals surface area (Å²) in [6, 6.07) is 5.85. The van der Waals surface area contributed by atoms with Crippen molar-refractivity contribution in [2.75, 3.05) is 45.3 Å². The number of benzene rings is 1. The predicted molar refractivity (Wildman–Crippen MR) is 96.5 cm³/mol. The summed E-state index contributed by atoms with van der Waals surface area (Å²) in [5.41, 5.74) is 1.05. The van der Waals surface area contributed by atoms with Gasteiger partial charge in [-0.15, -0.1) is 0 Å². The van der Waals surface area contributed by atoms with Crippen molar-refractivity contribution >= 4 is 5.82 Å². The lowest BCUT2D eigenvalue weighted by Crippen LogP contribution is -2.48. The Morgan fingerprint density at radius 3 is 2.56 bits per heavy atom. The summed E-state index contributed by atoms with van der Waals surface area (Å²) in [4.78, 5) is 20.9. The molecular weight excluding hydrogens is 320 g/mol. The van der Waals surface area contributed by atoms with Crippen molar-refractivity contribution in [1.29, 1.82) is 0 Å². The Hall–Kier alpha value is -2.54. The minimum atomic E-state index is -0.0505. The molecular formula is C18H24N4O3. The average molecular weight is 344 g/mol. The van der Waals surface area contributed by atoms with E-state index < -0.39 is 0 Å². The van der Waals surface area contributed by atoms with Gasteiger partial charge in [-0.05, 0) is 18.2 Å². The molecule has 0 saturated carbocycles. The lowest BCUT2D eigenvalue weighted by atomic mass is 10.1. The Balaban J connectivity index is 1.67. The first-order valence-electron chi connectivity index (χ1n) is 8.32. The minimum Gasteiger partial charge on any atom is -0.497 e. The fraction of sp³-hybridized carbons (Fsp3) is 0.444. The summed E-state index contributed by atoms with van der Waals surface area (Å²) in [6.45, 7) is 4.06. The second kappa shape index (κ2) is 7.57. The number of hydrogen-bond acceptors (Lipinski definition) is 6. The quantitative estimate of drug-likeness (QED) is 0.810. The molecule has 0 radical (unpaired) electrons. The van der Waals surface area contributed by atoms with Gasteiger partial charge in [-0.3, -0.25) is 9.69 Å². The number of rotatable bonds is 5. The molecule has 0 bridgehead atoms. The van der Waals surface area contributed by atoms with Crippen molar-refractivity contribution in [3.8, 4) is 11.5 Å². The molecule has 7 nitrogen and oxygen atoms in total. The third-order valence-corrected chi connectivity index (χ3v) is 4.55. The van der Waals surface area contributed by atoms with E-state index in [1.54, 1.807) is 38.2 Å². The maximum Gasteiger partial charge on any atom is 0.293 e. The van der Waals surface area contributed by atoms with Crippen LogP contribution in [-0.2, 0) is 13.6 Å². The molecule has 1 aromatic heterocycles. The number of nitrogens with zero attached hydrogens (tertiary/aromatic N) is 4. The molecule has 0 spiro atoms. The van der Waals surface area contributed by atoms with E-state index in [9.17, 15) is 4.79 Å². The third kappa shape index (κ3) is 3.76. The van der Waals surface area contributed by atoms with Gasteiger partial charge in [0.1, 0.15) is 11.5 Å². The third-order valence-electron chi connectivity index (χ3n) is 4.55. The summed E-state index contributed by atoms with van der Waals surface area (Å²) >= 11 is 0. The lowest BCUT2D eigenvalue weighted by molar-refractivity contribution is 0.245. The molecule has 0 aliphatic carbocycles. The molecule has 1 saturated heterocycles. The largest absolute Gasteiger partial charge is 0.497 e. The van der Waals surface area contributed by atoms with Crippen LogP contribution in [0.25, 0.3) is 0 Å². The van der Waals surface area contributed by atoms with Crippen LogP contribution in [0.3, 0.4) is 0 Å². The highest BCUT2D eigenvalue weighted by molar-refractivity contribution is 5.40. The van der Waals surface area contributed by atoms with Crippen LogP contribution in [-0.4, -0.2) is 54.8 Å². The zero-order chi connectivity index (χ0) is 17.8. The summed E-state index contributed by atoms with van der Waals surface area (Å²) in [7, 11) is 5.09.